The summed E-state index contributed by atoms with van der Waals surface area (Å²) >= 11 is 0. The molecule has 0 saturated carbocycles. The van der Waals surface area contributed by atoms with E-state index in [1.165, 1.54) is 0 Å². The van der Waals surface area contributed by atoms with Gasteiger partial charge in [0.2, 0.25) is 0 Å². The summed E-state index contributed by atoms with van der Waals surface area (Å²) in [6.07, 6.45) is 3.04. The third-order valence-corrected chi connectivity index (χ3v) is 6.51. The van der Waals surface area contributed by atoms with E-state index in [0.717, 1.165) is 40.8 Å². The van der Waals surface area contributed by atoms with Crippen LogP contribution in [0.25, 0.3) is 0 Å². The minimum atomic E-state index is -0.255. The lowest BCUT2D eigenvalue weighted by atomic mass is 9.82. The van der Waals surface area contributed by atoms with E-state index in [1.807, 2.05) is 61.2 Å². The zero-order valence-electron chi connectivity index (χ0n) is 17.9. The molecule has 5 nitrogen and oxygen atoms in total. The number of methoxy groups -OCH3 is 1. The monoisotopic (exact) mass is 407 g/mol. The van der Waals surface area contributed by atoms with E-state index in [4.69, 9.17) is 9.47 Å². The summed E-state index contributed by atoms with van der Waals surface area (Å²) < 4.78 is 10.9. The van der Waals surface area contributed by atoms with Crippen LogP contribution < -0.4 is 4.74 Å². The van der Waals surface area contributed by atoms with Crippen molar-refractivity contribution >= 4 is 11.9 Å². The summed E-state index contributed by atoms with van der Waals surface area (Å²) in [5.41, 5.74) is 3.69. The number of nitrogens with zero attached hydrogens (tertiary/aromatic N) is 1. The van der Waals surface area contributed by atoms with Crippen molar-refractivity contribution in [3.63, 3.8) is 0 Å². The normalized spacial score (nSPS) is 22.6. The second-order valence-corrected chi connectivity index (χ2v) is 8.50. The van der Waals surface area contributed by atoms with Crippen LogP contribution in [0.5, 0.6) is 5.75 Å². The zero-order valence-corrected chi connectivity index (χ0v) is 17.9. The number of carbonyl (C=O) groups excluding carboxylic acids is 2. The van der Waals surface area contributed by atoms with Gasteiger partial charge in [0.25, 0.3) is 0 Å². The predicted octanol–water partition coefficient (Wildman–Crippen LogP) is 5.07. The Morgan fingerprint density at radius 2 is 1.60 bits per heavy atom. The van der Waals surface area contributed by atoms with Gasteiger partial charge in [-0.15, -0.1) is 0 Å². The van der Waals surface area contributed by atoms with Gasteiger partial charge in [-0.25, -0.2) is 4.79 Å². The van der Waals surface area contributed by atoms with Crippen molar-refractivity contribution in [2.45, 2.75) is 58.2 Å². The summed E-state index contributed by atoms with van der Waals surface area (Å²) in [7, 11) is 1.64. The molecule has 2 atom stereocenters. The first-order valence-corrected chi connectivity index (χ1v) is 10.7. The number of piperidine rings is 1. The van der Waals surface area contributed by atoms with Crippen molar-refractivity contribution in [1.29, 1.82) is 0 Å². The molecule has 5 heteroatoms. The van der Waals surface area contributed by atoms with Crippen LogP contribution in [0.1, 0.15) is 52.7 Å². The van der Waals surface area contributed by atoms with Crippen LogP contribution in [0.4, 0.5) is 4.79 Å². The molecule has 4 rings (SSSR count). The lowest BCUT2D eigenvalue weighted by Gasteiger charge is -2.37. The highest BCUT2D eigenvalue weighted by Crippen LogP contribution is 2.41. The first kappa shape index (κ1) is 20.5. The molecule has 158 valence electrons. The van der Waals surface area contributed by atoms with Crippen molar-refractivity contribution in [3.8, 4) is 5.75 Å². The number of fused-ring (bicyclic) bond motifs is 2. The maximum absolute atomic E-state index is 13.4. The van der Waals surface area contributed by atoms with E-state index in [1.54, 1.807) is 7.11 Å². The standard InChI is InChI=1S/C25H29NO4/c1-16-11-22(29-3)12-17(2)23(16)24(27)19-13-20-9-10-21(14-19)26(20)25(28)30-15-18-7-5-4-6-8-18/h4-8,11-12,19-21H,9-10,13-15H2,1-3H3. The van der Waals surface area contributed by atoms with Gasteiger partial charge < -0.3 is 14.4 Å². The van der Waals surface area contributed by atoms with Crippen LogP contribution in [0.3, 0.4) is 0 Å². The van der Waals surface area contributed by atoms with E-state index in [-0.39, 0.29) is 36.5 Å². The first-order chi connectivity index (χ1) is 14.5. The average Bonchev–Trinajstić information content (AvgIpc) is 3.01. The van der Waals surface area contributed by atoms with Gasteiger partial charge in [0.1, 0.15) is 12.4 Å². The molecule has 0 aromatic heterocycles. The van der Waals surface area contributed by atoms with Crippen molar-refractivity contribution in [2.75, 3.05) is 7.11 Å². The summed E-state index contributed by atoms with van der Waals surface area (Å²) in [5, 5.41) is 0. The molecule has 2 aromatic carbocycles. The number of carbonyl (C=O) groups is 2. The van der Waals surface area contributed by atoms with Crippen molar-refractivity contribution in [1.82, 2.24) is 4.90 Å². The molecule has 0 spiro atoms. The number of Topliss-reactive ketones (excluding diaryl/α,β-unsaturated/α-hetero) is 1. The van der Waals surface area contributed by atoms with Crippen LogP contribution in [-0.4, -0.2) is 36.0 Å². The van der Waals surface area contributed by atoms with Crippen molar-refractivity contribution in [3.05, 3.63) is 64.7 Å². The molecule has 2 heterocycles. The molecular formula is C25H29NO4. The number of hydrogen-bond donors (Lipinski definition) is 0. The number of benzene rings is 2. The van der Waals surface area contributed by atoms with Gasteiger partial charge in [0.15, 0.2) is 5.78 Å². The van der Waals surface area contributed by atoms with Crippen LogP contribution >= 0.6 is 0 Å². The zero-order chi connectivity index (χ0) is 21.3. The number of rotatable bonds is 5. The first-order valence-electron chi connectivity index (χ1n) is 10.7. The quantitative estimate of drug-likeness (QED) is 0.649. The molecule has 2 aliphatic rings. The van der Waals surface area contributed by atoms with Crippen LogP contribution in [0, 0.1) is 19.8 Å². The van der Waals surface area contributed by atoms with Gasteiger partial charge in [0.05, 0.1) is 7.11 Å². The van der Waals surface area contributed by atoms with Gasteiger partial charge in [-0.3, -0.25) is 4.79 Å². The minimum Gasteiger partial charge on any atom is -0.497 e. The molecule has 0 aliphatic carbocycles. The van der Waals surface area contributed by atoms with E-state index in [0.29, 0.717) is 12.8 Å². The number of amides is 1. The maximum atomic E-state index is 13.4. The molecule has 2 fully saturated rings. The lowest BCUT2D eigenvalue weighted by molar-refractivity contribution is 0.0484. The van der Waals surface area contributed by atoms with Crippen molar-refractivity contribution < 1.29 is 19.1 Å². The molecule has 2 saturated heterocycles. The van der Waals surface area contributed by atoms with Crippen molar-refractivity contribution in [2.24, 2.45) is 5.92 Å². The van der Waals surface area contributed by atoms with Gasteiger partial charge in [-0.05, 0) is 68.4 Å². The lowest BCUT2D eigenvalue weighted by Crippen LogP contribution is -2.48. The molecule has 2 aromatic rings. The minimum absolute atomic E-state index is 0.0496. The van der Waals surface area contributed by atoms with Crippen LogP contribution in [0.2, 0.25) is 0 Å². The van der Waals surface area contributed by atoms with E-state index < -0.39 is 0 Å². The molecule has 2 unspecified atom stereocenters. The van der Waals surface area contributed by atoms with Gasteiger partial charge in [-0.1, -0.05) is 30.3 Å². The molecule has 0 N–H and O–H groups in total. The number of hydrogen-bond acceptors (Lipinski definition) is 4. The van der Waals surface area contributed by atoms with Gasteiger partial charge in [-0.2, -0.15) is 0 Å². The fourth-order valence-corrected chi connectivity index (χ4v) is 5.12. The number of ether oxygens (including phenoxy) is 2. The molecular weight excluding hydrogens is 378 g/mol. The number of aryl methyl sites for hydroxylation is 2. The summed E-state index contributed by atoms with van der Waals surface area (Å²) in [5.74, 6) is 0.922. The van der Waals surface area contributed by atoms with Gasteiger partial charge >= 0.3 is 6.09 Å². The largest absolute Gasteiger partial charge is 0.497 e. The average molecular weight is 408 g/mol. The Balaban J connectivity index is 1.44. The molecule has 0 radical (unpaired) electrons. The predicted molar refractivity (Wildman–Crippen MR) is 115 cm³/mol. The maximum Gasteiger partial charge on any atom is 0.410 e. The Hall–Kier alpha value is -2.82. The summed E-state index contributed by atoms with van der Waals surface area (Å²) in [6.45, 7) is 4.21. The third kappa shape index (κ3) is 3.93. The highest BCUT2D eigenvalue weighted by Gasteiger charge is 2.46. The third-order valence-electron chi connectivity index (χ3n) is 6.51. The summed E-state index contributed by atoms with van der Waals surface area (Å²) in [4.78, 5) is 28.0. The van der Waals surface area contributed by atoms with Crippen LogP contribution in [0.15, 0.2) is 42.5 Å². The highest BCUT2D eigenvalue weighted by atomic mass is 16.6. The smallest absolute Gasteiger partial charge is 0.410 e. The highest BCUT2D eigenvalue weighted by molar-refractivity contribution is 6.00. The molecule has 30 heavy (non-hydrogen) atoms. The Morgan fingerprint density at radius 3 is 2.17 bits per heavy atom. The van der Waals surface area contributed by atoms with Crippen LogP contribution in [-0.2, 0) is 11.3 Å². The second-order valence-electron chi connectivity index (χ2n) is 8.50. The second kappa shape index (κ2) is 8.50. The molecule has 2 aliphatic heterocycles. The Kier molecular flexibility index (Phi) is 5.80. The Bertz CT molecular complexity index is 902. The van der Waals surface area contributed by atoms with E-state index in [2.05, 4.69) is 0 Å². The van der Waals surface area contributed by atoms with Gasteiger partial charge in [0, 0.05) is 23.6 Å². The fraction of sp³-hybridized carbons (Fsp3) is 0.440. The SMILES string of the molecule is COc1cc(C)c(C(=O)C2CC3CCC(C2)N3C(=O)OCc2ccccc2)c(C)c1. The van der Waals surface area contributed by atoms with E-state index in [9.17, 15) is 9.59 Å². The Labute approximate surface area is 178 Å². The molecule has 1 amide bonds. The fourth-order valence-electron chi connectivity index (χ4n) is 5.12. The van der Waals surface area contributed by atoms with E-state index >= 15 is 0 Å². The molecule has 2 bridgehead atoms. The Morgan fingerprint density at radius 1 is 1.00 bits per heavy atom. The number of ketones is 1. The topological polar surface area (TPSA) is 55.8 Å². The summed E-state index contributed by atoms with van der Waals surface area (Å²) in [6, 6.07) is 13.7.